The summed E-state index contributed by atoms with van der Waals surface area (Å²) in [6, 6.07) is 9.05. The number of nitrogens with zero attached hydrogens (tertiary/aromatic N) is 1. The molecule has 1 aliphatic rings. The molecule has 4 rings (SSSR count). The molecule has 0 saturated heterocycles. The van der Waals surface area contributed by atoms with Gasteiger partial charge in [-0.15, -0.1) is 0 Å². The Labute approximate surface area is 197 Å². The van der Waals surface area contributed by atoms with E-state index in [1.54, 1.807) is 0 Å². The van der Waals surface area contributed by atoms with E-state index in [2.05, 4.69) is 5.32 Å². The first kappa shape index (κ1) is 24.5. The lowest BCUT2D eigenvalue weighted by atomic mass is 10.1. The Bertz CT molecular complexity index is 1380. The van der Waals surface area contributed by atoms with Crippen LogP contribution >= 0.6 is 0 Å². The fourth-order valence-corrected chi connectivity index (χ4v) is 5.07. The monoisotopic (exact) mass is 510 g/mol. The number of rotatable bonds is 6. The maximum atomic E-state index is 14.0. The van der Waals surface area contributed by atoms with E-state index in [4.69, 9.17) is 9.47 Å². The molecule has 0 bridgehead atoms. The van der Waals surface area contributed by atoms with Gasteiger partial charge in [0.2, 0.25) is 0 Å². The van der Waals surface area contributed by atoms with Gasteiger partial charge in [-0.2, -0.15) is 0 Å². The summed E-state index contributed by atoms with van der Waals surface area (Å²) < 4.78 is 93.6. The molecule has 0 aliphatic carbocycles. The molecule has 1 amide bonds. The van der Waals surface area contributed by atoms with Gasteiger partial charge in [-0.05, 0) is 48.5 Å². The van der Waals surface area contributed by atoms with Crippen LogP contribution < -0.4 is 14.4 Å². The van der Waals surface area contributed by atoms with Crippen LogP contribution in [0.2, 0.25) is 0 Å². The van der Waals surface area contributed by atoms with Crippen LogP contribution in [0.25, 0.3) is 0 Å². The zero-order chi connectivity index (χ0) is 25.3. The zero-order valence-electron chi connectivity index (χ0n) is 18.1. The number of hydrogen-bond acceptors (Lipinski definition) is 5. The summed E-state index contributed by atoms with van der Waals surface area (Å²) in [5.74, 6) is -5.71. The van der Waals surface area contributed by atoms with Gasteiger partial charge >= 0.3 is 0 Å². The third kappa shape index (κ3) is 4.80. The number of nitrogens with one attached hydrogen (secondary N) is 1. The molecule has 7 nitrogen and oxygen atoms in total. The second kappa shape index (κ2) is 9.55. The molecule has 0 radical (unpaired) electrons. The van der Waals surface area contributed by atoms with Gasteiger partial charge in [-0.1, -0.05) is 6.07 Å². The van der Waals surface area contributed by atoms with Crippen LogP contribution in [0.15, 0.2) is 59.5 Å². The highest BCUT2D eigenvalue weighted by atomic mass is 32.2. The number of amides is 1. The van der Waals surface area contributed by atoms with Crippen LogP contribution in [0.1, 0.15) is 10.4 Å². The number of carbonyl (C=O) groups excluding carboxylic acids is 1. The molecular formula is C23H18F4N2O5S. The normalized spacial score (nSPS) is 15.3. The maximum absolute atomic E-state index is 14.0. The number of hydrogen-bond donors (Lipinski definition) is 1. The Morgan fingerprint density at radius 1 is 1.03 bits per heavy atom. The van der Waals surface area contributed by atoms with Gasteiger partial charge in [0.05, 0.1) is 23.7 Å². The van der Waals surface area contributed by atoms with Gasteiger partial charge in [0.25, 0.3) is 15.9 Å². The molecule has 0 saturated carbocycles. The van der Waals surface area contributed by atoms with E-state index in [9.17, 15) is 30.8 Å². The van der Waals surface area contributed by atoms with Gasteiger partial charge in [0.15, 0.2) is 11.6 Å². The van der Waals surface area contributed by atoms with Crippen LogP contribution in [0, 0.1) is 23.3 Å². The maximum Gasteiger partial charge on any atom is 0.264 e. The third-order valence-corrected chi connectivity index (χ3v) is 6.95. The first-order valence-corrected chi connectivity index (χ1v) is 11.6. The molecule has 3 aromatic carbocycles. The van der Waals surface area contributed by atoms with E-state index in [1.165, 1.54) is 25.3 Å². The van der Waals surface area contributed by atoms with Crippen LogP contribution in [0.3, 0.4) is 0 Å². The fraction of sp³-hybridized carbons (Fsp3) is 0.174. The van der Waals surface area contributed by atoms with Crippen molar-refractivity contribution in [2.45, 2.75) is 11.0 Å². The SMILES string of the molecule is COCC1CN(S(=O)(=O)c2ccc(F)c(F)c2)c2cc(NC(=O)c3c(F)cccc3F)ccc2O1. The second-order valence-electron chi connectivity index (χ2n) is 7.54. The van der Waals surface area contributed by atoms with Crippen molar-refractivity contribution in [1.82, 2.24) is 0 Å². The highest BCUT2D eigenvalue weighted by Gasteiger charge is 2.35. The zero-order valence-corrected chi connectivity index (χ0v) is 18.9. The Balaban J connectivity index is 1.74. The average Bonchev–Trinajstić information content (AvgIpc) is 2.80. The summed E-state index contributed by atoms with van der Waals surface area (Å²) >= 11 is 0. The predicted octanol–water partition coefficient (Wildman–Crippen LogP) is 4.10. The van der Waals surface area contributed by atoms with Crippen molar-refractivity contribution in [3.05, 3.63) is 83.4 Å². The van der Waals surface area contributed by atoms with Crippen molar-refractivity contribution in [2.24, 2.45) is 0 Å². The number of methoxy groups -OCH3 is 1. The fourth-order valence-electron chi connectivity index (χ4n) is 3.56. The molecule has 184 valence electrons. The Morgan fingerprint density at radius 2 is 1.74 bits per heavy atom. The lowest BCUT2D eigenvalue weighted by molar-refractivity contribution is 0.0820. The van der Waals surface area contributed by atoms with Gasteiger partial charge in [-0.3, -0.25) is 9.10 Å². The number of sulfonamides is 1. The van der Waals surface area contributed by atoms with Gasteiger partial charge in [0.1, 0.15) is 29.1 Å². The van der Waals surface area contributed by atoms with Crippen LogP contribution in [0.5, 0.6) is 5.75 Å². The first-order valence-electron chi connectivity index (χ1n) is 10.1. The summed E-state index contributed by atoms with van der Waals surface area (Å²) in [7, 11) is -3.02. The number of anilines is 2. The number of fused-ring (bicyclic) bond motifs is 1. The molecular weight excluding hydrogens is 492 g/mol. The molecule has 1 heterocycles. The van der Waals surface area contributed by atoms with E-state index in [-0.39, 0.29) is 30.3 Å². The average molecular weight is 510 g/mol. The Morgan fingerprint density at radius 3 is 2.40 bits per heavy atom. The highest BCUT2D eigenvalue weighted by molar-refractivity contribution is 7.92. The van der Waals surface area contributed by atoms with Crippen molar-refractivity contribution >= 4 is 27.3 Å². The number of ether oxygens (including phenoxy) is 2. The predicted molar refractivity (Wildman–Crippen MR) is 118 cm³/mol. The number of halogens is 4. The summed E-state index contributed by atoms with van der Waals surface area (Å²) in [5.41, 5.74) is -0.836. The summed E-state index contributed by atoms with van der Waals surface area (Å²) in [5, 5.41) is 2.32. The van der Waals surface area contributed by atoms with E-state index in [0.29, 0.717) is 12.1 Å². The van der Waals surface area contributed by atoms with E-state index < -0.39 is 55.8 Å². The van der Waals surface area contributed by atoms with Crippen molar-refractivity contribution in [1.29, 1.82) is 0 Å². The van der Waals surface area contributed by atoms with E-state index in [0.717, 1.165) is 28.6 Å². The van der Waals surface area contributed by atoms with E-state index >= 15 is 0 Å². The lowest BCUT2D eigenvalue weighted by Gasteiger charge is -2.35. The summed E-state index contributed by atoms with van der Waals surface area (Å²) in [6.45, 7) is -0.226. The van der Waals surface area contributed by atoms with Crippen molar-refractivity contribution in [3.63, 3.8) is 0 Å². The minimum atomic E-state index is -4.42. The van der Waals surface area contributed by atoms with Crippen LogP contribution in [-0.2, 0) is 14.8 Å². The molecule has 3 aromatic rings. The van der Waals surface area contributed by atoms with Crippen molar-refractivity contribution in [3.8, 4) is 5.75 Å². The first-order chi connectivity index (χ1) is 16.6. The molecule has 1 unspecified atom stereocenters. The third-order valence-electron chi connectivity index (χ3n) is 5.17. The lowest BCUT2D eigenvalue weighted by Crippen LogP contribution is -2.45. The van der Waals surface area contributed by atoms with E-state index in [1.807, 2.05) is 0 Å². The molecule has 1 N–H and O–H groups in total. The largest absolute Gasteiger partial charge is 0.484 e. The van der Waals surface area contributed by atoms with Crippen LogP contribution in [0.4, 0.5) is 28.9 Å². The minimum Gasteiger partial charge on any atom is -0.484 e. The number of carbonyl (C=O) groups is 1. The highest BCUT2D eigenvalue weighted by Crippen LogP contribution is 2.39. The summed E-state index contributed by atoms with van der Waals surface area (Å²) in [4.78, 5) is 12.0. The van der Waals surface area contributed by atoms with Crippen molar-refractivity contribution < 1.29 is 40.2 Å². The Kier molecular flexibility index (Phi) is 6.68. The molecule has 35 heavy (non-hydrogen) atoms. The topological polar surface area (TPSA) is 84.9 Å². The smallest absolute Gasteiger partial charge is 0.264 e. The minimum absolute atomic E-state index is 0.00989. The molecule has 1 atom stereocenters. The quantitative estimate of drug-likeness (QED) is 0.505. The Hall–Kier alpha value is -3.64. The molecule has 0 fully saturated rings. The van der Waals surface area contributed by atoms with Crippen molar-refractivity contribution in [2.75, 3.05) is 29.9 Å². The molecule has 0 spiro atoms. The standard InChI is InChI=1S/C23H18F4N2O5S/c1-33-12-14-11-29(35(31,32)15-6-7-16(24)19(27)10-15)20-9-13(5-8-21(20)34-14)28-23(30)22-17(25)3-2-4-18(22)26/h2-10,14H,11-12H2,1H3,(H,28,30). The molecule has 12 heteroatoms. The van der Waals surface area contributed by atoms with Gasteiger partial charge in [-0.25, -0.2) is 26.0 Å². The number of benzene rings is 3. The van der Waals surface area contributed by atoms with Gasteiger partial charge < -0.3 is 14.8 Å². The van der Waals surface area contributed by atoms with Crippen LogP contribution in [-0.4, -0.2) is 40.7 Å². The van der Waals surface area contributed by atoms with Gasteiger partial charge in [0, 0.05) is 12.8 Å². The second-order valence-corrected chi connectivity index (χ2v) is 9.40. The summed E-state index contributed by atoms with van der Waals surface area (Å²) in [6.07, 6.45) is -0.736. The molecule has 1 aliphatic heterocycles. The molecule has 0 aromatic heterocycles.